The Balaban J connectivity index is 0.00000210. The highest BCUT2D eigenvalue weighted by molar-refractivity contribution is 5.53. The molecule has 0 atom stereocenters. The minimum atomic E-state index is -0.113. The van der Waals surface area contributed by atoms with Crippen molar-refractivity contribution in [2.45, 2.75) is 13.0 Å². The first-order chi connectivity index (χ1) is 12.7. The van der Waals surface area contributed by atoms with Crippen molar-refractivity contribution in [3.8, 4) is 0 Å². The Morgan fingerprint density at radius 2 is 1.63 bits per heavy atom. The van der Waals surface area contributed by atoms with E-state index in [2.05, 4.69) is 24.7 Å². The van der Waals surface area contributed by atoms with Crippen LogP contribution in [0.3, 0.4) is 0 Å². The Hall–Kier alpha value is -2.45. The van der Waals surface area contributed by atoms with E-state index in [1.807, 2.05) is 24.5 Å². The number of piperazine rings is 1. The van der Waals surface area contributed by atoms with Gasteiger partial charge in [-0.05, 0) is 18.6 Å². The summed E-state index contributed by atoms with van der Waals surface area (Å²) in [4.78, 5) is 15.5. The van der Waals surface area contributed by atoms with Crippen LogP contribution >= 0.6 is 0 Å². The molecule has 0 bridgehead atoms. The molecule has 0 spiro atoms. The van der Waals surface area contributed by atoms with Gasteiger partial charge in [0.05, 0.1) is 29.9 Å². The third-order valence-electron chi connectivity index (χ3n) is 5.25. The van der Waals surface area contributed by atoms with E-state index < -0.39 is 0 Å². The van der Waals surface area contributed by atoms with Crippen molar-refractivity contribution in [3.63, 3.8) is 0 Å². The average Bonchev–Trinajstić information content (AvgIpc) is 2.64. The quantitative estimate of drug-likeness (QED) is 0.879. The maximum Gasteiger partial charge on any atom is 0.225 e. The predicted octanol–water partition coefficient (Wildman–Crippen LogP) is 2.25. The first-order valence-corrected chi connectivity index (χ1v) is 9.00. The number of nitrogens with zero attached hydrogens (tertiary/aromatic N) is 5. The summed E-state index contributed by atoms with van der Waals surface area (Å²) in [6.07, 6.45) is 4.05. The van der Waals surface area contributed by atoms with Crippen molar-refractivity contribution in [1.82, 2.24) is 16.1 Å². The van der Waals surface area contributed by atoms with E-state index in [0.29, 0.717) is 11.3 Å². The minimum absolute atomic E-state index is 0. The van der Waals surface area contributed by atoms with Crippen molar-refractivity contribution >= 4 is 17.3 Å². The third kappa shape index (κ3) is 3.81. The number of ether oxygens (including phenoxy) is 1. The van der Waals surface area contributed by atoms with Crippen molar-refractivity contribution in [3.05, 3.63) is 42.0 Å². The Morgan fingerprint density at radius 1 is 1.00 bits per heavy atom. The highest BCUT2D eigenvalue weighted by Crippen LogP contribution is 2.25. The summed E-state index contributed by atoms with van der Waals surface area (Å²) in [5, 5.41) is 0. The zero-order valence-corrected chi connectivity index (χ0v) is 15.9. The van der Waals surface area contributed by atoms with Gasteiger partial charge in [-0.2, -0.15) is 0 Å². The first kappa shape index (κ1) is 19.3. The molecule has 3 N–H and O–H groups in total. The zero-order valence-electron chi connectivity index (χ0n) is 15.9. The fraction of sp³-hybridized carbons (Fsp3) is 0.474. The molecular weight excluding hydrogens is 347 g/mol. The lowest BCUT2D eigenvalue weighted by Crippen LogP contribution is -2.52. The van der Waals surface area contributed by atoms with Gasteiger partial charge in [0.15, 0.2) is 0 Å². The van der Waals surface area contributed by atoms with Crippen LogP contribution < -0.4 is 20.9 Å². The topological polar surface area (TPSA) is 79.7 Å². The van der Waals surface area contributed by atoms with Crippen molar-refractivity contribution in [2.24, 2.45) is 0 Å². The third-order valence-corrected chi connectivity index (χ3v) is 5.25. The summed E-state index contributed by atoms with van der Waals surface area (Å²) in [5.41, 5.74) is 2.40. The molecule has 2 aromatic rings. The molecule has 2 fully saturated rings. The molecule has 0 unspecified atom stereocenters. The summed E-state index contributed by atoms with van der Waals surface area (Å²) in [7, 11) is 1.73. The van der Waals surface area contributed by atoms with Crippen LogP contribution in [-0.4, -0.2) is 62.5 Å². The highest BCUT2D eigenvalue weighted by atomic mass is 19.1. The SMILES string of the molecule is COC1CN(c2ncc(N3CCN(c4cccc(C)c4F)CC3)cn2)C1.N. The molecule has 1 aromatic heterocycles. The Bertz CT molecular complexity index is 757. The van der Waals surface area contributed by atoms with E-state index in [0.717, 1.165) is 50.9 Å². The van der Waals surface area contributed by atoms with E-state index >= 15 is 0 Å². The molecule has 3 heterocycles. The maximum absolute atomic E-state index is 14.3. The average molecular weight is 374 g/mol. The second-order valence-electron chi connectivity index (χ2n) is 6.89. The zero-order chi connectivity index (χ0) is 18.1. The number of benzene rings is 1. The van der Waals surface area contributed by atoms with Crippen LogP contribution in [0.15, 0.2) is 30.6 Å². The number of rotatable bonds is 4. The van der Waals surface area contributed by atoms with E-state index in [4.69, 9.17) is 4.74 Å². The number of methoxy groups -OCH3 is 1. The molecule has 0 amide bonds. The number of halogens is 1. The van der Waals surface area contributed by atoms with Crippen molar-refractivity contribution < 1.29 is 9.13 Å². The Kier molecular flexibility index (Phi) is 5.76. The summed E-state index contributed by atoms with van der Waals surface area (Å²) in [6, 6.07) is 5.58. The molecule has 2 aliphatic rings. The lowest BCUT2D eigenvalue weighted by molar-refractivity contribution is 0.0778. The van der Waals surface area contributed by atoms with Gasteiger partial charge in [-0.15, -0.1) is 0 Å². The van der Waals surface area contributed by atoms with Crippen LogP contribution in [0.5, 0.6) is 0 Å². The smallest absolute Gasteiger partial charge is 0.225 e. The molecule has 0 saturated carbocycles. The summed E-state index contributed by atoms with van der Waals surface area (Å²) < 4.78 is 19.6. The van der Waals surface area contributed by atoms with Crippen LogP contribution in [0.2, 0.25) is 0 Å². The molecule has 7 nitrogen and oxygen atoms in total. The molecular formula is C19H27FN6O. The molecule has 1 aromatic carbocycles. The van der Waals surface area contributed by atoms with E-state index in [1.165, 1.54) is 0 Å². The Labute approximate surface area is 159 Å². The maximum atomic E-state index is 14.3. The number of anilines is 3. The molecule has 0 radical (unpaired) electrons. The summed E-state index contributed by atoms with van der Waals surface area (Å²) in [5.74, 6) is 0.639. The van der Waals surface area contributed by atoms with Crippen LogP contribution in [0.25, 0.3) is 0 Å². The standard InChI is InChI=1S/C19H24FN5O.H3N/c1-14-4-3-5-17(18(14)20)24-8-6-23(7-9-24)15-10-21-19(22-11-15)25-12-16(13-25)26-2;/h3-5,10-11,16H,6-9,12-13H2,1-2H3;1H3. The second-order valence-corrected chi connectivity index (χ2v) is 6.89. The van der Waals surface area contributed by atoms with Gasteiger partial charge >= 0.3 is 0 Å². The van der Waals surface area contributed by atoms with Crippen molar-refractivity contribution in [1.29, 1.82) is 0 Å². The molecule has 4 rings (SSSR count). The fourth-order valence-electron chi connectivity index (χ4n) is 3.47. The fourth-order valence-corrected chi connectivity index (χ4v) is 3.47. The van der Waals surface area contributed by atoms with Gasteiger partial charge in [-0.1, -0.05) is 12.1 Å². The number of aryl methyl sites for hydroxylation is 1. The van der Waals surface area contributed by atoms with E-state index in [-0.39, 0.29) is 18.1 Å². The van der Waals surface area contributed by atoms with Gasteiger partial charge in [0.25, 0.3) is 0 Å². The normalized spacial score (nSPS) is 17.5. The second kappa shape index (κ2) is 8.06. The molecule has 2 saturated heterocycles. The molecule has 0 aliphatic carbocycles. The van der Waals surface area contributed by atoms with Gasteiger partial charge in [0.1, 0.15) is 5.82 Å². The van der Waals surface area contributed by atoms with Crippen LogP contribution in [0.1, 0.15) is 5.56 Å². The van der Waals surface area contributed by atoms with Gasteiger partial charge in [0, 0.05) is 46.4 Å². The highest BCUT2D eigenvalue weighted by Gasteiger charge is 2.28. The van der Waals surface area contributed by atoms with Crippen LogP contribution in [0.4, 0.5) is 21.7 Å². The first-order valence-electron chi connectivity index (χ1n) is 9.00. The number of hydrogen-bond donors (Lipinski definition) is 1. The van der Waals surface area contributed by atoms with Gasteiger partial charge in [-0.3, -0.25) is 0 Å². The summed E-state index contributed by atoms with van der Waals surface area (Å²) in [6.45, 7) is 6.71. The van der Waals surface area contributed by atoms with E-state index in [1.54, 1.807) is 20.1 Å². The number of aromatic nitrogens is 2. The summed E-state index contributed by atoms with van der Waals surface area (Å²) >= 11 is 0. The molecule has 2 aliphatic heterocycles. The molecule has 27 heavy (non-hydrogen) atoms. The van der Waals surface area contributed by atoms with Crippen LogP contribution in [0, 0.1) is 12.7 Å². The minimum Gasteiger partial charge on any atom is -0.378 e. The van der Waals surface area contributed by atoms with E-state index in [9.17, 15) is 4.39 Å². The number of hydrogen-bond acceptors (Lipinski definition) is 7. The van der Waals surface area contributed by atoms with Gasteiger partial charge in [-0.25, -0.2) is 14.4 Å². The van der Waals surface area contributed by atoms with Crippen molar-refractivity contribution in [2.75, 3.05) is 61.1 Å². The monoisotopic (exact) mass is 374 g/mol. The lowest BCUT2D eigenvalue weighted by atomic mass is 10.1. The van der Waals surface area contributed by atoms with Crippen LogP contribution in [-0.2, 0) is 4.74 Å². The Morgan fingerprint density at radius 3 is 2.26 bits per heavy atom. The lowest BCUT2D eigenvalue weighted by Gasteiger charge is -2.39. The largest absolute Gasteiger partial charge is 0.378 e. The molecule has 146 valence electrons. The predicted molar refractivity (Wildman–Crippen MR) is 106 cm³/mol. The van der Waals surface area contributed by atoms with Gasteiger partial charge in [0.2, 0.25) is 5.95 Å². The van der Waals surface area contributed by atoms with Gasteiger partial charge < -0.3 is 25.6 Å². The molecule has 8 heteroatoms.